The lowest BCUT2D eigenvalue weighted by molar-refractivity contribution is -0.133. The van der Waals surface area contributed by atoms with Crippen LogP contribution in [0.15, 0.2) is 78.9 Å². The Morgan fingerprint density at radius 3 is 2.28 bits per heavy atom. The predicted molar refractivity (Wildman–Crippen MR) is 106 cm³/mol. The number of hydrogen-bond acceptors (Lipinski definition) is 4. The SMILES string of the molecule is CN(Cc1ccc(F)cc1)C(=O)COC(=O)c1ccccc1Oc1ccccc1. The van der Waals surface area contributed by atoms with Crippen molar-refractivity contribution in [2.24, 2.45) is 0 Å². The second kappa shape index (κ2) is 9.50. The second-order valence-electron chi connectivity index (χ2n) is 6.36. The highest BCUT2D eigenvalue weighted by molar-refractivity contribution is 5.94. The molecule has 0 N–H and O–H groups in total. The number of carbonyl (C=O) groups is 2. The third kappa shape index (κ3) is 5.65. The molecule has 0 atom stereocenters. The number of esters is 1. The first-order valence-corrected chi connectivity index (χ1v) is 9.00. The van der Waals surface area contributed by atoms with Crippen LogP contribution in [0.5, 0.6) is 11.5 Å². The van der Waals surface area contributed by atoms with Gasteiger partial charge in [-0.15, -0.1) is 0 Å². The van der Waals surface area contributed by atoms with Crippen molar-refractivity contribution < 1.29 is 23.5 Å². The molecular weight excluding hydrogens is 373 g/mol. The maximum absolute atomic E-state index is 13.0. The molecule has 6 heteroatoms. The van der Waals surface area contributed by atoms with E-state index in [9.17, 15) is 14.0 Å². The van der Waals surface area contributed by atoms with Crippen molar-refractivity contribution in [3.63, 3.8) is 0 Å². The van der Waals surface area contributed by atoms with Crippen LogP contribution in [0.25, 0.3) is 0 Å². The predicted octanol–water partition coefficient (Wildman–Crippen LogP) is 4.43. The molecular formula is C23H20FNO4. The van der Waals surface area contributed by atoms with Crippen LogP contribution in [0.1, 0.15) is 15.9 Å². The van der Waals surface area contributed by atoms with Gasteiger partial charge in [-0.3, -0.25) is 4.79 Å². The largest absolute Gasteiger partial charge is 0.456 e. The molecule has 0 fully saturated rings. The second-order valence-corrected chi connectivity index (χ2v) is 6.36. The zero-order chi connectivity index (χ0) is 20.6. The van der Waals surface area contributed by atoms with Gasteiger partial charge in [0.15, 0.2) is 6.61 Å². The standard InChI is InChI=1S/C23H20FNO4/c1-25(15-17-11-13-18(24)14-12-17)22(26)16-28-23(27)20-9-5-6-10-21(20)29-19-7-3-2-4-8-19/h2-14H,15-16H2,1H3. The van der Waals surface area contributed by atoms with Crippen LogP contribution in [0.4, 0.5) is 4.39 Å². The minimum Gasteiger partial charge on any atom is -0.456 e. The summed E-state index contributed by atoms with van der Waals surface area (Å²) in [7, 11) is 1.59. The summed E-state index contributed by atoms with van der Waals surface area (Å²) in [6.45, 7) is -0.124. The first-order chi connectivity index (χ1) is 14.0. The van der Waals surface area contributed by atoms with Crippen LogP contribution < -0.4 is 4.74 Å². The number of hydrogen-bond donors (Lipinski definition) is 0. The minimum absolute atomic E-state index is 0.227. The van der Waals surface area contributed by atoms with Crippen LogP contribution in [0.2, 0.25) is 0 Å². The van der Waals surface area contributed by atoms with E-state index in [-0.39, 0.29) is 23.8 Å². The van der Waals surface area contributed by atoms with Gasteiger partial charge in [0.25, 0.3) is 5.91 Å². The third-order valence-electron chi connectivity index (χ3n) is 4.16. The van der Waals surface area contributed by atoms with Crippen molar-refractivity contribution in [1.29, 1.82) is 0 Å². The van der Waals surface area contributed by atoms with E-state index in [1.165, 1.54) is 17.0 Å². The zero-order valence-corrected chi connectivity index (χ0v) is 15.9. The molecule has 0 aliphatic heterocycles. The Morgan fingerprint density at radius 2 is 1.55 bits per heavy atom. The monoisotopic (exact) mass is 393 g/mol. The van der Waals surface area contributed by atoms with Crippen molar-refractivity contribution in [3.8, 4) is 11.5 Å². The molecule has 0 bridgehead atoms. The average Bonchev–Trinajstić information content (AvgIpc) is 2.74. The van der Waals surface area contributed by atoms with Crippen LogP contribution in [-0.2, 0) is 16.1 Å². The molecule has 0 heterocycles. The molecule has 3 aromatic rings. The highest BCUT2D eigenvalue weighted by Crippen LogP contribution is 2.25. The number of benzene rings is 3. The number of ether oxygens (including phenoxy) is 2. The fourth-order valence-electron chi connectivity index (χ4n) is 2.61. The Balaban J connectivity index is 1.59. The lowest BCUT2D eigenvalue weighted by Gasteiger charge is -2.17. The van der Waals surface area contributed by atoms with Gasteiger partial charge in [0, 0.05) is 13.6 Å². The van der Waals surface area contributed by atoms with Gasteiger partial charge in [-0.2, -0.15) is 0 Å². The van der Waals surface area contributed by atoms with Crippen LogP contribution in [0.3, 0.4) is 0 Å². The Hall–Kier alpha value is -3.67. The van der Waals surface area contributed by atoms with Gasteiger partial charge in [0.2, 0.25) is 0 Å². The van der Waals surface area contributed by atoms with Crippen molar-refractivity contribution in [2.45, 2.75) is 6.54 Å². The fraction of sp³-hybridized carbons (Fsp3) is 0.130. The highest BCUT2D eigenvalue weighted by Gasteiger charge is 2.17. The number of carbonyl (C=O) groups excluding carboxylic acids is 2. The number of likely N-dealkylation sites (N-methyl/N-ethyl adjacent to an activating group) is 1. The Morgan fingerprint density at radius 1 is 0.897 bits per heavy atom. The summed E-state index contributed by atoms with van der Waals surface area (Å²) >= 11 is 0. The van der Waals surface area contributed by atoms with Gasteiger partial charge in [0.05, 0.1) is 0 Å². The van der Waals surface area contributed by atoms with Gasteiger partial charge in [-0.05, 0) is 42.0 Å². The molecule has 1 amide bonds. The third-order valence-corrected chi connectivity index (χ3v) is 4.16. The molecule has 0 aliphatic rings. The average molecular weight is 393 g/mol. The topological polar surface area (TPSA) is 55.8 Å². The number of rotatable bonds is 7. The number of amides is 1. The van der Waals surface area contributed by atoms with Crippen LogP contribution >= 0.6 is 0 Å². The van der Waals surface area contributed by atoms with E-state index in [2.05, 4.69) is 0 Å². The van der Waals surface area contributed by atoms with Gasteiger partial charge in [-0.25, -0.2) is 9.18 Å². The molecule has 0 spiro atoms. The van der Waals surface area contributed by atoms with Crippen LogP contribution in [-0.4, -0.2) is 30.4 Å². The number of halogens is 1. The van der Waals surface area contributed by atoms with Gasteiger partial charge in [-0.1, -0.05) is 42.5 Å². The summed E-state index contributed by atoms with van der Waals surface area (Å²) in [5.74, 6) is -0.434. The van der Waals surface area contributed by atoms with Crippen molar-refractivity contribution in [2.75, 3.05) is 13.7 Å². The molecule has 0 aliphatic carbocycles. The van der Waals surface area contributed by atoms with E-state index in [1.807, 2.05) is 18.2 Å². The number of nitrogens with zero attached hydrogens (tertiary/aromatic N) is 1. The van der Waals surface area contributed by atoms with Crippen molar-refractivity contribution in [1.82, 2.24) is 4.90 Å². The molecule has 148 valence electrons. The normalized spacial score (nSPS) is 10.3. The first kappa shape index (κ1) is 20.1. The lowest BCUT2D eigenvalue weighted by atomic mass is 10.2. The summed E-state index contributed by atoms with van der Waals surface area (Å²) in [6, 6.07) is 21.6. The summed E-state index contributed by atoms with van der Waals surface area (Å²) in [5.41, 5.74) is 1.00. The smallest absolute Gasteiger partial charge is 0.342 e. The molecule has 3 aromatic carbocycles. The summed E-state index contributed by atoms with van der Waals surface area (Å²) in [4.78, 5) is 26.1. The zero-order valence-electron chi connectivity index (χ0n) is 15.9. The van der Waals surface area contributed by atoms with Gasteiger partial charge < -0.3 is 14.4 Å². The molecule has 3 rings (SSSR count). The summed E-state index contributed by atoms with van der Waals surface area (Å²) < 4.78 is 23.9. The maximum atomic E-state index is 13.0. The Bertz CT molecular complexity index is 974. The molecule has 0 unspecified atom stereocenters. The molecule has 0 aromatic heterocycles. The molecule has 5 nitrogen and oxygen atoms in total. The summed E-state index contributed by atoms with van der Waals surface area (Å²) in [5, 5.41) is 0. The quantitative estimate of drug-likeness (QED) is 0.557. The van der Waals surface area contributed by atoms with Crippen molar-refractivity contribution in [3.05, 3.63) is 95.8 Å². The Labute approximate surface area is 168 Å². The molecule has 0 radical (unpaired) electrons. The molecule has 29 heavy (non-hydrogen) atoms. The van der Waals surface area contributed by atoms with E-state index >= 15 is 0 Å². The summed E-state index contributed by atoms with van der Waals surface area (Å²) in [6.07, 6.45) is 0. The fourth-order valence-corrected chi connectivity index (χ4v) is 2.61. The van der Waals surface area contributed by atoms with E-state index in [1.54, 1.807) is 55.6 Å². The lowest BCUT2D eigenvalue weighted by Crippen LogP contribution is -2.30. The van der Waals surface area contributed by atoms with Gasteiger partial charge in [0.1, 0.15) is 22.9 Å². The van der Waals surface area contributed by atoms with Gasteiger partial charge >= 0.3 is 5.97 Å². The maximum Gasteiger partial charge on any atom is 0.342 e. The minimum atomic E-state index is -0.653. The highest BCUT2D eigenvalue weighted by atomic mass is 19.1. The van der Waals surface area contributed by atoms with E-state index in [0.29, 0.717) is 11.5 Å². The first-order valence-electron chi connectivity index (χ1n) is 9.00. The van der Waals surface area contributed by atoms with Crippen molar-refractivity contribution >= 4 is 11.9 Å². The molecule has 0 saturated carbocycles. The van der Waals surface area contributed by atoms with E-state index in [4.69, 9.17) is 9.47 Å². The Kier molecular flexibility index (Phi) is 6.58. The van der Waals surface area contributed by atoms with Crippen LogP contribution in [0, 0.1) is 5.82 Å². The van der Waals surface area contributed by atoms with E-state index < -0.39 is 12.6 Å². The number of para-hydroxylation sites is 2. The molecule has 0 saturated heterocycles. The van der Waals surface area contributed by atoms with E-state index in [0.717, 1.165) is 5.56 Å².